The number of hydrogen-bond donors (Lipinski definition) is 2. The summed E-state index contributed by atoms with van der Waals surface area (Å²) >= 11 is 5.88. The van der Waals surface area contributed by atoms with Gasteiger partial charge in [-0.2, -0.15) is 13.2 Å². The monoisotopic (exact) mass is 326 g/mol. The third-order valence-corrected chi connectivity index (χ3v) is 3.20. The second-order valence-corrected chi connectivity index (χ2v) is 5.18. The van der Waals surface area contributed by atoms with Crippen molar-refractivity contribution in [2.75, 3.05) is 5.32 Å². The maximum Gasteiger partial charge on any atom is 0.451 e. The van der Waals surface area contributed by atoms with E-state index in [2.05, 4.69) is 20.3 Å². The molecular formula is C14H10ClF3N4. The number of alkyl halides is 3. The lowest BCUT2D eigenvalue weighted by molar-refractivity contribution is -0.144. The van der Waals surface area contributed by atoms with Gasteiger partial charge in [0, 0.05) is 16.4 Å². The normalized spacial score (nSPS) is 11.9. The molecule has 4 nitrogen and oxygen atoms in total. The lowest BCUT2D eigenvalue weighted by Gasteiger charge is -2.10. The molecule has 8 heteroatoms. The summed E-state index contributed by atoms with van der Waals surface area (Å²) in [4.78, 5) is 9.92. The minimum absolute atomic E-state index is 0.0731. The second kappa shape index (κ2) is 5.17. The highest BCUT2D eigenvalue weighted by Crippen LogP contribution is 2.32. The van der Waals surface area contributed by atoms with E-state index < -0.39 is 12.0 Å². The third kappa shape index (κ3) is 2.85. The maximum atomic E-state index is 12.9. The zero-order valence-electron chi connectivity index (χ0n) is 11.3. The summed E-state index contributed by atoms with van der Waals surface area (Å²) in [6, 6.07) is 8.33. The van der Waals surface area contributed by atoms with E-state index >= 15 is 0 Å². The lowest BCUT2D eigenvalue weighted by Crippen LogP contribution is -2.12. The average Bonchev–Trinajstić information content (AvgIpc) is 2.78. The maximum absolute atomic E-state index is 12.9. The molecule has 3 aromatic rings. The van der Waals surface area contributed by atoms with Crippen LogP contribution in [0.15, 0.2) is 30.3 Å². The van der Waals surface area contributed by atoms with Crippen molar-refractivity contribution in [3.05, 3.63) is 46.9 Å². The number of aromatic nitrogens is 3. The molecule has 0 unspecified atom stereocenters. The van der Waals surface area contributed by atoms with E-state index in [0.29, 0.717) is 21.8 Å². The molecule has 0 saturated carbocycles. The van der Waals surface area contributed by atoms with Gasteiger partial charge in [0.1, 0.15) is 11.5 Å². The predicted octanol–water partition coefficient (Wildman–Crippen LogP) is 4.68. The number of fused-ring (bicyclic) bond motifs is 1. The molecule has 0 saturated heterocycles. The Bertz CT molecular complexity index is 842. The van der Waals surface area contributed by atoms with Crippen molar-refractivity contribution in [1.29, 1.82) is 0 Å². The van der Waals surface area contributed by atoms with Crippen LogP contribution in [0.2, 0.25) is 5.02 Å². The van der Waals surface area contributed by atoms with Gasteiger partial charge in [0.25, 0.3) is 0 Å². The first-order chi connectivity index (χ1) is 10.3. The van der Waals surface area contributed by atoms with Crippen LogP contribution >= 0.6 is 11.6 Å². The number of benzene rings is 1. The van der Waals surface area contributed by atoms with Gasteiger partial charge < -0.3 is 10.3 Å². The van der Waals surface area contributed by atoms with E-state index in [9.17, 15) is 13.2 Å². The van der Waals surface area contributed by atoms with Crippen molar-refractivity contribution in [2.24, 2.45) is 0 Å². The number of nitrogens with zero attached hydrogens (tertiary/aromatic N) is 2. The zero-order valence-corrected chi connectivity index (χ0v) is 12.0. The summed E-state index contributed by atoms with van der Waals surface area (Å²) in [7, 11) is 0. The number of anilines is 2. The van der Waals surface area contributed by atoms with Gasteiger partial charge in [-0.25, -0.2) is 9.97 Å². The standard InChI is InChI=1S/C14H10ClF3N4/c1-7-5-10-11(19-7)21-13(14(16,17)18)22-12(10)20-9-4-2-3-8(15)6-9/h2-6H,1H3,(H2,19,20,21,22). The molecule has 0 bridgehead atoms. The summed E-state index contributed by atoms with van der Waals surface area (Å²) < 4.78 is 38.8. The van der Waals surface area contributed by atoms with E-state index in [-0.39, 0.29) is 11.5 Å². The summed E-state index contributed by atoms with van der Waals surface area (Å²) in [5, 5.41) is 3.80. The Kier molecular flexibility index (Phi) is 3.44. The Labute approximate surface area is 128 Å². The van der Waals surface area contributed by atoms with Gasteiger partial charge in [-0.15, -0.1) is 0 Å². The molecule has 0 spiro atoms. The number of aryl methyl sites for hydroxylation is 1. The molecule has 3 rings (SSSR count). The van der Waals surface area contributed by atoms with Gasteiger partial charge in [-0.3, -0.25) is 0 Å². The van der Waals surface area contributed by atoms with Crippen molar-refractivity contribution >= 4 is 34.1 Å². The lowest BCUT2D eigenvalue weighted by atomic mass is 10.3. The zero-order chi connectivity index (χ0) is 15.9. The fourth-order valence-electron chi connectivity index (χ4n) is 2.07. The van der Waals surface area contributed by atoms with Gasteiger partial charge in [0.05, 0.1) is 5.39 Å². The van der Waals surface area contributed by atoms with Crippen molar-refractivity contribution in [3.8, 4) is 0 Å². The molecule has 2 heterocycles. The van der Waals surface area contributed by atoms with Crippen molar-refractivity contribution in [2.45, 2.75) is 13.1 Å². The first kappa shape index (κ1) is 14.6. The number of aromatic amines is 1. The van der Waals surface area contributed by atoms with Gasteiger partial charge in [0.15, 0.2) is 0 Å². The summed E-state index contributed by atoms with van der Waals surface area (Å²) in [5.41, 5.74) is 1.36. The Morgan fingerprint density at radius 1 is 1.18 bits per heavy atom. The molecule has 0 atom stereocenters. The molecule has 0 aliphatic heterocycles. The number of nitrogens with one attached hydrogen (secondary N) is 2. The fraction of sp³-hybridized carbons (Fsp3) is 0.143. The van der Waals surface area contributed by atoms with Crippen LogP contribution < -0.4 is 5.32 Å². The van der Waals surface area contributed by atoms with Gasteiger partial charge in [-0.1, -0.05) is 17.7 Å². The summed E-state index contributed by atoms with van der Waals surface area (Å²) in [6.07, 6.45) is -4.63. The molecule has 2 aromatic heterocycles. The molecule has 2 N–H and O–H groups in total. The van der Waals surface area contributed by atoms with Gasteiger partial charge >= 0.3 is 6.18 Å². The molecular weight excluding hydrogens is 317 g/mol. The van der Waals surface area contributed by atoms with Crippen LogP contribution in [-0.2, 0) is 6.18 Å². The van der Waals surface area contributed by atoms with E-state index in [0.717, 1.165) is 0 Å². The van der Waals surface area contributed by atoms with Crippen LogP contribution in [0.4, 0.5) is 24.7 Å². The average molecular weight is 327 g/mol. The molecule has 0 fully saturated rings. The van der Waals surface area contributed by atoms with Crippen LogP contribution in [0.5, 0.6) is 0 Å². The molecule has 1 aromatic carbocycles. The van der Waals surface area contributed by atoms with Gasteiger partial charge in [-0.05, 0) is 31.2 Å². The highest BCUT2D eigenvalue weighted by molar-refractivity contribution is 6.30. The van der Waals surface area contributed by atoms with E-state index in [1.54, 1.807) is 37.3 Å². The minimum Gasteiger partial charge on any atom is -0.343 e. The molecule has 0 radical (unpaired) electrons. The van der Waals surface area contributed by atoms with Crippen LogP contribution in [0.1, 0.15) is 11.5 Å². The molecule has 114 valence electrons. The van der Waals surface area contributed by atoms with E-state index in [4.69, 9.17) is 11.6 Å². The molecule has 0 aliphatic rings. The Hall–Kier alpha value is -2.28. The second-order valence-electron chi connectivity index (χ2n) is 4.74. The highest BCUT2D eigenvalue weighted by Gasteiger charge is 2.35. The molecule has 0 amide bonds. The fourth-order valence-corrected chi connectivity index (χ4v) is 2.26. The topological polar surface area (TPSA) is 53.6 Å². The van der Waals surface area contributed by atoms with Crippen LogP contribution in [0, 0.1) is 6.92 Å². The first-order valence-corrected chi connectivity index (χ1v) is 6.68. The van der Waals surface area contributed by atoms with Crippen molar-refractivity contribution < 1.29 is 13.2 Å². The Morgan fingerprint density at radius 3 is 2.64 bits per heavy atom. The smallest absolute Gasteiger partial charge is 0.343 e. The number of rotatable bonds is 2. The quantitative estimate of drug-likeness (QED) is 0.718. The highest BCUT2D eigenvalue weighted by atomic mass is 35.5. The van der Waals surface area contributed by atoms with Crippen LogP contribution in [0.3, 0.4) is 0 Å². The molecule has 0 aliphatic carbocycles. The minimum atomic E-state index is -4.63. The van der Waals surface area contributed by atoms with Crippen molar-refractivity contribution in [1.82, 2.24) is 15.0 Å². The predicted molar refractivity (Wildman–Crippen MR) is 78.4 cm³/mol. The largest absolute Gasteiger partial charge is 0.451 e. The van der Waals surface area contributed by atoms with E-state index in [1.165, 1.54) is 0 Å². The first-order valence-electron chi connectivity index (χ1n) is 6.30. The van der Waals surface area contributed by atoms with Crippen LogP contribution in [0.25, 0.3) is 11.0 Å². The summed E-state index contributed by atoms with van der Waals surface area (Å²) in [6.45, 7) is 1.73. The Balaban J connectivity index is 2.14. The number of hydrogen-bond acceptors (Lipinski definition) is 3. The number of H-pyrrole nitrogens is 1. The Morgan fingerprint density at radius 2 is 1.95 bits per heavy atom. The number of halogens is 4. The summed E-state index contributed by atoms with van der Waals surface area (Å²) in [5.74, 6) is -1.13. The van der Waals surface area contributed by atoms with Crippen LogP contribution in [-0.4, -0.2) is 15.0 Å². The van der Waals surface area contributed by atoms with Gasteiger partial charge in [0.2, 0.25) is 5.82 Å². The van der Waals surface area contributed by atoms with Crippen molar-refractivity contribution in [3.63, 3.8) is 0 Å². The van der Waals surface area contributed by atoms with E-state index in [1.807, 2.05) is 0 Å². The SMILES string of the molecule is Cc1cc2c(Nc3cccc(Cl)c3)nc(C(F)(F)F)nc2[nH]1. The third-order valence-electron chi connectivity index (χ3n) is 2.96. The molecule has 22 heavy (non-hydrogen) atoms.